The average Bonchev–Trinajstić information content (AvgIpc) is 2.87. The lowest BCUT2D eigenvalue weighted by molar-refractivity contribution is -0.143. The molecule has 3 N–H and O–H groups in total. The summed E-state index contributed by atoms with van der Waals surface area (Å²) in [5.41, 5.74) is 3.23. The standard InChI is InChI=1S/C18H30N2O5Si/c1-12(21)20-11-13(22)10-15(20)16(23)19-14(17(24)25)8-7-9-26(5,6)18(2,3)4/h13-15,22H,8,10-11H2,1-6H3,(H,19,23)(H,24,25)/t13-,14+,15+/m1/s1. The Morgan fingerprint density at radius 1 is 1.31 bits per heavy atom. The zero-order chi connectivity index (χ0) is 20.3. The van der Waals surface area contributed by atoms with E-state index in [9.17, 15) is 24.6 Å². The Balaban J connectivity index is 2.82. The second-order valence-electron chi connectivity index (χ2n) is 8.36. The predicted molar refractivity (Wildman–Crippen MR) is 101 cm³/mol. The van der Waals surface area contributed by atoms with Crippen molar-refractivity contribution in [3.05, 3.63) is 0 Å². The number of carbonyl (C=O) groups excluding carboxylic acids is 2. The van der Waals surface area contributed by atoms with Crippen molar-refractivity contribution in [2.45, 2.75) is 76.9 Å². The summed E-state index contributed by atoms with van der Waals surface area (Å²) in [5, 5.41) is 21.6. The van der Waals surface area contributed by atoms with E-state index in [0.29, 0.717) is 0 Å². The first-order chi connectivity index (χ1) is 11.8. The van der Waals surface area contributed by atoms with Gasteiger partial charge in [0.25, 0.3) is 0 Å². The van der Waals surface area contributed by atoms with E-state index in [4.69, 9.17) is 0 Å². The number of nitrogens with zero attached hydrogens (tertiary/aromatic N) is 1. The fraction of sp³-hybridized carbons (Fsp3) is 0.722. The van der Waals surface area contributed by atoms with Gasteiger partial charge < -0.3 is 20.4 Å². The lowest BCUT2D eigenvalue weighted by Crippen LogP contribution is -2.50. The second kappa shape index (κ2) is 8.23. The first-order valence-corrected chi connectivity index (χ1v) is 11.7. The number of rotatable bonds is 4. The van der Waals surface area contributed by atoms with Gasteiger partial charge in [-0.3, -0.25) is 9.59 Å². The highest BCUT2D eigenvalue weighted by Crippen LogP contribution is 2.35. The van der Waals surface area contributed by atoms with Gasteiger partial charge in [-0.1, -0.05) is 33.9 Å². The Bertz CT molecular complexity index is 630. The van der Waals surface area contributed by atoms with Gasteiger partial charge in [0.05, 0.1) is 6.10 Å². The van der Waals surface area contributed by atoms with Gasteiger partial charge in [0.1, 0.15) is 20.2 Å². The van der Waals surface area contributed by atoms with E-state index in [0.717, 1.165) is 0 Å². The zero-order valence-corrected chi connectivity index (χ0v) is 17.4. The molecule has 0 bridgehead atoms. The van der Waals surface area contributed by atoms with Gasteiger partial charge in [-0.25, -0.2) is 4.79 Å². The van der Waals surface area contributed by atoms with Crippen molar-refractivity contribution in [2.24, 2.45) is 0 Å². The molecule has 1 aliphatic heterocycles. The molecule has 1 saturated heterocycles. The van der Waals surface area contributed by atoms with E-state index in [2.05, 4.69) is 50.6 Å². The molecule has 1 rings (SSSR count). The first kappa shape index (κ1) is 22.2. The van der Waals surface area contributed by atoms with Crippen molar-refractivity contribution < 1.29 is 24.6 Å². The highest BCUT2D eigenvalue weighted by molar-refractivity contribution is 6.87. The molecular weight excluding hydrogens is 352 g/mol. The second-order valence-corrected chi connectivity index (χ2v) is 13.4. The minimum absolute atomic E-state index is 0.00291. The summed E-state index contributed by atoms with van der Waals surface area (Å²) in [6.07, 6.45) is -0.674. The fourth-order valence-electron chi connectivity index (χ4n) is 2.44. The molecule has 0 aromatic heterocycles. The normalized spacial score (nSPS) is 21.6. The molecule has 1 fully saturated rings. The Hall–Kier alpha value is -1.85. The number of carboxylic acids is 1. The molecule has 7 nitrogen and oxygen atoms in total. The van der Waals surface area contributed by atoms with Crippen LogP contribution in [-0.2, 0) is 14.4 Å². The average molecular weight is 383 g/mol. The van der Waals surface area contributed by atoms with Gasteiger partial charge in [0, 0.05) is 26.3 Å². The highest BCUT2D eigenvalue weighted by Gasteiger charge is 2.39. The lowest BCUT2D eigenvalue weighted by atomic mass is 10.1. The third kappa shape index (κ3) is 5.58. The van der Waals surface area contributed by atoms with Gasteiger partial charge in [-0.15, -0.1) is 11.5 Å². The molecule has 1 heterocycles. The van der Waals surface area contributed by atoms with Gasteiger partial charge in [0.15, 0.2) is 0 Å². The van der Waals surface area contributed by atoms with Crippen LogP contribution < -0.4 is 5.32 Å². The van der Waals surface area contributed by atoms with Crippen LogP contribution in [0.3, 0.4) is 0 Å². The largest absolute Gasteiger partial charge is 0.480 e. The van der Waals surface area contributed by atoms with Crippen molar-refractivity contribution in [1.29, 1.82) is 0 Å². The Morgan fingerprint density at radius 2 is 1.88 bits per heavy atom. The van der Waals surface area contributed by atoms with Gasteiger partial charge in [0.2, 0.25) is 11.8 Å². The van der Waals surface area contributed by atoms with Gasteiger partial charge in [-0.05, 0) is 5.04 Å². The first-order valence-electron chi connectivity index (χ1n) is 8.74. The summed E-state index contributed by atoms with van der Waals surface area (Å²) in [4.78, 5) is 36.8. The van der Waals surface area contributed by atoms with Crippen LogP contribution in [0.1, 0.15) is 40.5 Å². The Labute approximate surface area is 156 Å². The van der Waals surface area contributed by atoms with Crippen LogP contribution in [0, 0.1) is 11.5 Å². The van der Waals surface area contributed by atoms with E-state index >= 15 is 0 Å². The van der Waals surface area contributed by atoms with E-state index < -0.39 is 38.1 Å². The molecule has 0 spiro atoms. The van der Waals surface area contributed by atoms with Crippen molar-refractivity contribution >= 4 is 25.9 Å². The smallest absolute Gasteiger partial charge is 0.327 e. The maximum absolute atomic E-state index is 12.4. The van der Waals surface area contributed by atoms with Crippen molar-refractivity contribution in [3.63, 3.8) is 0 Å². The summed E-state index contributed by atoms with van der Waals surface area (Å²) >= 11 is 0. The summed E-state index contributed by atoms with van der Waals surface area (Å²) in [6, 6.07) is -2.00. The number of carboxylic acid groups (broad SMARTS) is 1. The molecule has 0 aliphatic carbocycles. The lowest BCUT2D eigenvalue weighted by Gasteiger charge is -2.31. The molecule has 146 valence electrons. The Kier molecular flexibility index (Phi) is 7.02. The molecule has 26 heavy (non-hydrogen) atoms. The number of aliphatic hydroxyl groups excluding tert-OH is 1. The SMILES string of the molecule is CC(=O)N1C[C@H](O)C[C@H]1C(=O)N[C@@H](CC#C[Si](C)(C)C(C)(C)C)C(=O)O. The monoisotopic (exact) mass is 382 g/mol. The van der Waals surface area contributed by atoms with Crippen LogP contribution in [0.15, 0.2) is 0 Å². The van der Waals surface area contributed by atoms with Crippen LogP contribution in [0.5, 0.6) is 0 Å². The quantitative estimate of drug-likeness (QED) is 0.496. The van der Waals surface area contributed by atoms with E-state index in [1.807, 2.05) is 0 Å². The van der Waals surface area contributed by atoms with Crippen LogP contribution in [-0.4, -0.2) is 65.7 Å². The number of hydrogen-bond donors (Lipinski definition) is 3. The number of hydrogen-bond acceptors (Lipinski definition) is 4. The maximum Gasteiger partial charge on any atom is 0.327 e. The van der Waals surface area contributed by atoms with Crippen molar-refractivity contribution in [1.82, 2.24) is 10.2 Å². The van der Waals surface area contributed by atoms with Crippen LogP contribution >= 0.6 is 0 Å². The zero-order valence-electron chi connectivity index (χ0n) is 16.4. The van der Waals surface area contributed by atoms with E-state index in [1.165, 1.54) is 11.8 Å². The minimum atomic E-state index is -1.86. The molecule has 0 aromatic carbocycles. The summed E-state index contributed by atoms with van der Waals surface area (Å²) < 4.78 is 0. The number of carbonyl (C=O) groups is 3. The molecule has 0 radical (unpaired) electrons. The topological polar surface area (TPSA) is 107 Å². The third-order valence-corrected chi connectivity index (χ3v) is 9.73. The summed E-state index contributed by atoms with van der Waals surface area (Å²) in [6.45, 7) is 12.0. The Morgan fingerprint density at radius 3 is 2.35 bits per heavy atom. The van der Waals surface area contributed by atoms with E-state index in [-0.39, 0.29) is 30.3 Å². The summed E-state index contributed by atoms with van der Waals surface area (Å²) in [7, 11) is -1.86. The molecular formula is C18H30N2O5Si. The molecule has 0 saturated carbocycles. The number of β-amino-alcohol motifs (C(OH)–C–C–N with tert-alkyl or cyclic N) is 1. The number of nitrogens with one attached hydrogen (secondary N) is 1. The van der Waals surface area contributed by atoms with Crippen molar-refractivity contribution in [3.8, 4) is 11.5 Å². The molecule has 0 aromatic rings. The van der Waals surface area contributed by atoms with Gasteiger partial charge in [-0.2, -0.15) is 0 Å². The van der Waals surface area contributed by atoms with E-state index in [1.54, 1.807) is 0 Å². The van der Waals surface area contributed by atoms with Crippen LogP contribution in [0.4, 0.5) is 0 Å². The number of amides is 2. The van der Waals surface area contributed by atoms with Gasteiger partial charge >= 0.3 is 5.97 Å². The summed E-state index contributed by atoms with van der Waals surface area (Å²) in [5.74, 6) is 0.869. The van der Waals surface area contributed by atoms with Crippen LogP contribution in [0.2, 0.25) is 18.1 Å². The minimum Gasteiger partial charge on any atom is -0.480 e. The number of aliphatic carboxylic acids is 1. The highest BCUT2D eigenvalue weighted by atomic mass is 28.3. The molecule has 2 amide bonds. The number of likely N-dealkylation sites (tertiary alicyclic amines) is 1. The molecule has 0 unspecified atom stereocenters. The van der Waals surface area contributed by atoms with Crippen LogP contribution in [0.25, 0.3) is 0 Å². The molecule has 3 atom stereocenters. The van der Waals surface area contributed by atoms with Crippen molar-refractivity contribution in [2.75, 3.05) is 6.54 Å². The predicted octanol–water partition coefficient (Wildman–Crippen LogP) is 0.979. The maximum atomic E-state index is 12.4. The fourth-order valence-corrected chi connectivity index (χ4v) is 3.36. The molecule has 8 heteroatoms. The third-order valence-electron chi connectivity index (χ3n) is 5.18. The number of aliphatic hydroxyl groups is 1. The molecule has 1 aliphatic rings.